The van der Waals surface area contributed by atoms with E-state index in [4.69, 9.17) is 23.2 Å². The van der Waals surface area contributed by atoms with Crippen LogP contribution in [0.25, 0.3) is 0 Å². The van der Waals surface area contributed by atoms with E-state index in [1.807, 2.05) is 26.1 Å². The summed E-state index contributed by atoms with van der Waals surface area (Å²) in [6, 6.07) is 3.76. The molecule has 0 aliphatic rings. The predicted octanol–water partition coefficient (Wildman–Crippen LogP) is 4.01. The lowest BCUT2D eigenvalue weighted by Gasteiger charge is -2.12. The Kier molecular flexibility index (Phi) is 4.04. The van der Waals surface area contributed by atoms with Gasteiger partial charge in [-0.15, -0.1) is 0 Å². The molecule has 0 radical (unpaired) electrons. The summed E-state index contributed by atoms with van der Waals surface area (Å²) < 4.78 is 0. The summed E-state index contributed by atoms with van der Waals surface area (Å²) in [6.45, 7) is 4.65. The smallest absolute Gasteiger partial charge is 0.154 e. The van der Waals surface area contributed by atoms with E-state index in [1.54, 1.807) is 12.3 Å². The van der Waals surface area contributed by atoms with Crippen molar-refractivity contribution in [2.24, 2.45) is 0 Å². The van der Waals surface area contributed by atoms with E-state index in [0.29, 0.717) is 16.9 Å². The van der Waals surface area contributed by atoms with Crippen molar-refractivity contribution < 1.29 is 0 Å². The maximum Gasteiger partial charge on any atom is 0.154 e. The minimum atomic E-state index is 0.390. The van der Waals surface area contributed by atoms with Crippen molar-refractivity contribution in [2.75, 3.05) is 5.32 Å². The van der Waals surface area contributed by atoms with Gasteiger partial charge < -0.3 is 5.32 Å². The van der Waals surface area contributed by atoms with Crippen LogP contribution in [-0.2, 0) is 6.54 Å². The molecule has 3 nitrogen and oxygen atoms in total. The van der Waals surface area contributed by atoms with Gasteiger partial charge in [-0.3, -0.25) is 4.98 Å². The van der Waals surface area contributed by atoms with E-state index < -0.39 is 0 Å². The van der Waals surface area contributed by atoms with Gasteiger partial charge in [0, 0.05) is 18.9 Å². The third-order valence-electron chi connectivity index (χ3n) is 2.74. The normalized spacial score (nSPS) is 10.4. The lowest BCUT2D eigenvalue weighted by molar-refractivity contribution is 1.07. The second-order valence-electron chi connectivity index (χ2n) is 4.08. The van der Waals surface area contributed by atoms with Gasteiger partial charge in [0.2, 0.25) is 0 Å². The Hall–Kier alpha value is -1.32. The Balaban J connectivity index is 2.19. The number of hydrogen-bond acceptors (Lipinski definition) is 3. The van der Waals surface area contributed by atoms with Gasteiger partial charge in [0.25, 0.3) is 0 Å². The Morgan fingerprint density at radius 3 is 2.67 bits per heavy atom. The summed E-state index contributed by atoms with van der Waals surface area (Å²) in [7, 11) is 0. The van der Waals surface area contributed by atoms with Crippen LogP contribution < -0.4 is 5.32 Å². The highest BCUT2D eigenvalue weighted by atomic mass is 35.5. The van der Waals surface area contributed by atoms with Crippen molar-refractivity contribution >= 4 is 28.9 Å². The maximum atomic E-state index is 6.07. The van der Waals surface area contributed by atoms with E-state index in [9.17, 15) is 0 Å². The summed E-state index contributed by atoms with van der Waals surface area (Å²) in [5, 5.41) is 4.07. The zero-order valence-electron chi connectivity index (χ0n) is 10.2. The average molecular weight is 282 g/mol. The second-order valence-corrected chi connectivity index (χ2v) is 4.83. The van der Waals surface area contributed by atoms with Crippen LogP contribution in [0.5, 0.6) is 0 Å². The van der Waals surface area contributed by atoms with Crippen LogP contribution in [0.1, 0.15) is 16.7 Å². The summed E-state index contributed by atoms with van der Waals surface area (Å²) in [5.74, 6) is 0. The van der Waals surface area contributed by atoms with Gasteiger partial charge in [0.15, 0.2) is 5.15 Å². The van der Waals surface area contributed by atoms with Crippen LogP contribution in [0.4, 0.5) is 5.69 Å². The largest absolute Gasteiger partial charge is 0.378 e. The van der Waals surface area contributed by atoms with Gasteiger partial charge in [-0.2, -0.15) is 0 Å². The molecule has 94 valence electrons. The number of pyridine rings is 2. The molecule has 1 N–H and O–H groups in total. The highest BCUT2D eigenvalue weighted by Crippen LogP contribution is 2.27. The number of aromatic nitrogens is 2. The Labute approximate surface area is 116 Å². The van der Waals surface area contributed by atoms with E-state index in [-0.39, 0.29) is 0 Å². The van der Waals surface area contributed by atoms with Crippen LogP contribution in [-0.4, -0.2) is 9.97 Å². The number of nitrogens with one attached hydrogen (secondary N) is 1. The zero-order valence-corrected chi connectivity index (χ0v) is 11.7. The van der Waals surface area contributed by atoms with Gasteiger partial charge in [-0.1, -0.05) is 23.2 Å². The molecule has 0 saturated carbocycles. The summed E-state index contributed by atoms with van der Waals surface area (Å²) >= 11 is 11.9. The zero-order chi connectivity index (χ0) is 13.1. The first-order valence-corrected chi connectivity index (χ1v) is 6.29. The molecular formula is C13H13Cl2N3. The number of rotatable bonds is 3. The molecule has 0 atom stereocenters. The van der Waals surface area contributed by atoms with E-state index in [1.165, 1.54) is 5.56 Å². The summed E-state index contributed by atoms with van der Waals surface area (Å²) in [5.41, 5.74) is 4.10. The summed E-state index contributed by atoms with van der Waals surface area (Å²) in [4.78, 5) is 8.13. The van der Waals surface area contributed by atoms with Gasteiger partial charge in [0.1, 0.15) is 5.15 Å². The van der Waals surface area contributed by atoms with E-state index in [2.05, 4.69) is 15.3 Å². The van der Waals surface area contributed by atoms with Crippen LogP contribution in [0, 0.1) is 13.8 Å². The lowest BCUT2D eigenvalue weighted by atomic mass is 10.1. The Bertz CT molecular complexity index is 547. The fourth-order valence-electron chi connectivity index (χ4n) is 1.67. The second kappa shape index (κ2) is 5.55. The molecule has 0 amide bonds. The minimum absolute atomic E-state index is 0.390. The number of anilines is 1. The van der Waals surface area contributed by atoms with Crippen LogP contribution in [0.15, 0.2) is 24.5 Å². The van der Waals surface area contributed by atoms with E-state index >= 15 is 0 Å². The fourth-order valence-corrected chi connectivity index (χ4v) is 2.27. The highest BCUT2D eigenvalue weighted by molar-refractivity contribution is 6.34. The van der Waals surface area contributed by atoms with Crippen molar-refractivity contribution in [1.29, 1.82) is 0 Å². The molecule has 2 heterocycles. The molecule has 0 unspecified atom stereocenters. The first-order valence-electron chi connectivity index (χ1n) is 5.54. The molecule has 0 aliphatic carbocycles. The predicted molar refractivity (Wildman–Crippen MR) is 75.3 cm³/mol. The van der Waals surface area contributed by atoms with Gasteiger partial charge in [-0.05, 0) is 42.7 Å². The summed E-state index contributed by atoms with van der Waals surface area (Å²) in [6.07, 6.45) is 3.62. The number of aryl methyl sites for hydroxylation is 2. The monoisotopic (exact) mass is 281 g/mol. The maximum absolute atomic E-state index is 6.07. The minimum Gasteiger partial charge on any atom is -0.378 e. The van der Waals surface area contributed by atoms with E-state index in [0.717, 1.165) is 16.8 Å². The molecule has 18 heavy (non-hydrogen) atoms. The van der Waals surface area contributed by atoms with Crippen LogP contribution in [0.2, 0.25) is 10.3 Å². The van der Waals surface area contributed by atoms with Crippen LogP contribution >= 0.6 is 23.2 Å². The first kappa shape index (κ1) is 13.1. The van der Waals surface area contributed by atoms with Gasteiger partial charge >= 0.3 is 0 Å². The van der Waals surface area contributed by atoms with Gasteiger partial charge in [-0.25, -0.2) is 4.98 Å². The number of nitrogens with zero attached hydrogens (tertiary/aromatic N) is 2. The average Bonchev–Trinajstić information content (AvgIpc) is 2.30. The third-order valence-corrected chi connectivity index (χ3v) is 3.21. The molecule has 2 rings (SSSR count). The quantitative estimate of drug-likeness (QED) is 0.864. The molecule has 0 saturated heterocycles. The molecule has 2 aromatic heterocycles. The van der Waals surface area contributed by atoms with Crippen molar-refractivity contribution in [1.82, 2.24) is 9.97 Å². The topological polar surface area (TPSA) is 37.8 Å². The molecule has 0 aromatic carbocycles. The molecule has 0 aliphatic heterocycles. The first-order chi connectivity index (χ1) is 8.58. The fraction of sp³-hybridized carbons (Fsp3) is 0.231. The molecule has 2 aromatic rings. The van der Waals surface area contributed by atoms with Crippen molar-refractivity contribution in [3.8, 4) is 0 Å². The molecule has 5 heteroatoms. The number of hydrogen-bond donors (Lipinski definition) is 1. The molecule has 0 bridgehead atoms. The molecule has 0 fully saturated rings. The Morgan fingerprint density at radius 1 is 1.22 bits per heavy atom. The molecule has 0 spiro atoms. The number of halogens is 2. The van der Waals surface area contributed by atoms with Crippen LogP contribution in [0.3, 0.4) is 0 Å². The van der Waals surface area contributed by atoms with Crippen molar-refractivity contribution in [3.63, 3.8) is 0 Å². The van der Waals surface area contributed by atoms with Crippen molar-refractivity contribution in [3.05, 3.63) is 51.5 Å². The lowest BCUT2D eigenvalue weighted by Crippen LogP contribution is -2.04. The molecular weight excluding hydrogens is 269 g/mol. The van der Waals surface area contributed by atoms with Crippen molar-refractivity contribution in [2.45, 2.75) is 20.4 Å². The SMILES string of the molecule is Cc1ccncc1CNc1c(C)cc(Cl)nc1Cl. The highest BCUT2D eigenvalue weighted by Gasteiger charge is 2.07. The van der Waals surface area contributed by atoms with Gasteiger partial charge in [0.05, 0.1) is 5.69 Å². The third kappa shape index (κ3) is 2.92. The Morgan fingerprint density at radius 2 is 2.00 bits per heavy atom. The standard InChI is InChI=1S/C13H13Cl2N3/c1-8-3-4-16-6-10(8)7-17-12-9(2)5-11(14)18-13(12)15/h3-6,17H,7H2,1-2H3.